The van der Waals surface area contributed by atoms with Crippen LogP contribution in [0.25, 0.3) is 11.3 Å². The number of aromatic nitrogens is 2. The van der Waals surface area contributed by atoms with Crippen LogP contribution in [0.3, 0.4) is 0 Å². The largest absolute Gasteiger partial charge is 0.506 e. The molecule has 2 rings (SSSR count). The molecule has 4 N–H and O–H groups in total. The molecule has 0 saturated heterocycles. The van der Waals surface area contributed by atoms with E-state index in [-0.39, 0.29) is 21.7 Å². The Kier molecular flexibility index (Phi) is 3.45. The van der Waals surface area contributed by atoms with Crippen molar-refractivity contribution in [2.75, 3.05) is 18.1 Å². The minimum absolute atomic E-state index is 0.0809. The molecule has 0 bridgehead atoms. The Balaban J connectivity index is 2.62. The van der Waals surface area contributed by atoms with E-state index in [0.29, 0.717) is 17.1 Å². The standard InChI is InChI=1S/C11H10Cl2N4O/c1-15-8-4-6(16-11(14)17-8)5-2-3-7(18)10(13)9(5)12/h2-4,18H,1H3,(H3,14,15,16,17). The van der Waals surface area contributed by atoms with Gasteiger partial charge in [-0.15, -0.1) is 0 Å². The van der Waals surface area contributed by atoms with Crippen molar-refractivity contribution in [1.82, 2.24) is 9.97 Å². The first-order valence-electron chi connectivity index (χ1n) is 5.02. The second kappa shape index (κ2) is 4.88. The quantitative estimate of drug-likeness (QED) is 0.790. The Morgan fingerprint density at radius 1 is 1.22 bits per heavy atom. The van der Waals surface area contributed by atoms with E-state index in [9.17, 15) is 5.11 Å². The molecule has 0 fully saturated rings. The third-order valence-corrected chi connectivity index (χ3v) is 3.21. The number of hydrogen-bond acceptors (Lipinski definition) is 5. The van der Waals surface area contributed by atoms with Crippen molar-refractivity contribution in [3.63, 3.8) is 0 Å². The van der Waals surface area contributed by atoms with Crippen LogP contribution in [0.2, 0.25) is 10.0 Å². The molecule has 1 aromatic heterocycles. The minimum atomic E-state index is -0.0821. The van der Waals surface area contributed by atoms with Crippen molar-refractivity contribution in [3.05, 3.63) is 28.2 Å². The second-order valence-corrected chi connectivity index (χ2v) is 4.26. The number of nitrogens with zero attached hydrogens (tertiary/aromatic N) is 2. The maximum absolute atomic E-state index is 9.44. The van der Waals surface area contributed by atoms with E-state index in [0.717, 1.165) is 0 Å². The molecule has 0 spiro atoms. The van der Waals surface area contributed by atoms with Gasteiger partial charge in [-0.2, -0.15) is 4.98 Å². The molecule has 0 atom stereocenters. The molecule has 2 aromatic rings. The molecular formula is C11H10Cl2N4O. The van der Waals surface area contributed by atoms with Gasteiger partial charge in [0, 0.05) is 18.7 Å². The molecule has 0 unspecified atom stereocenters. The molecule has 0 radical (unpaired) electrons. The fourth-order valence-corrected chi connectivity index (χ4v) is 1.89. The van der Waals surface area contributed by atoms with Crippen LogP contribution in [0.15, 0.2) is 18.2 Å². The molecule has 0 aliphatic carbocycles. The lowest BCUT2D eigenvalue weighted by Gasteiger charge is -2.09. The van der Waals surface area contributed by atoms with Crippen molar-refractivity contribution >= 4 is 35.0 Å². The highest BCUT2D eigenvalue weighted by molar-refractivity contribution is 6.44. The fraction of sp³-hybridized carbons (Fsp3) is 0.0909. The number of anilines is 2. The third kappa shape index (κ3) is 2.27. The summed E-state index contributed by atoms with van der Waals surface area (Å²) >= 11 is 11.9. The Morgan fingerprint density at radius 3 is 2.61 bits per heavy atom. The van der Waals surface area contributed by atoms with Gasteiger partial charge in [0.05, 0.1) is 10.7 Å². The maximum atomic E-state index is 9.44. The van der Waals surface area contributed by atoms with E-state index >= 15 is 0 Å². The van der Waals surface area contributed by atoms with E-state index in [4.69, 9.17) is 28.9 Å². The molecular weight excluding hydrogens is 275 g/mol. The van der Waals surface area contributed by atoms with Crippen molar-refractivity contribution < 1.29 is 5.11 Å². The van der Waals surface area contributed by atoms with Gasteiger partial charge in [0.2, 0.25) is 5.95 Å². The molecule has 0 amide bonds. The van der Waals surface area contributed by atoms with Gasteiger partial charge < -0.3 is 16.2 Å². The third-order valence-electron chi connectivity index (χ3n) is 2.34. The Hall–Kier alpha value is -1.72. The number of halogens is 2. The number of nitrogens with two attached hydrogens (primary N) is 1. The van der Waals surface area contributed by atoms with Gasteiger partial charge in [0.1, 0.15) is 16.6 Å². The summed E-state index contributed by atoms with van der Waals surface area (Å²) in [5.41, 5.74) is 6.70. The van der Waals surface area contributed by atoms with Gasteiger partial charge in [0.25, 0.3) is 0 Å². The van der Waals surface area contributed by atoms with Gasteiger partial charge in [-0.3, -0.25) is 0 Å². The van der Waals surface area contributed by atoms with E-state index < -0.39 is 0 Å². The Bertz CT molecular complexity index is 604. The molecule has 5 nitrogen and oxygen atoms in total. The Labute approximate surface area is 114 Å². The van der Waals surface area contributed by atoms with Crippen LogP contribution in [0, 0.1) is 0 Å². The van der Waals surface area contributed by atoms with E-state index in [1.807, 2.05) is 0 Å². The first-order valence-corrected chi connectivity index (χ1v) is 5.78. The lowest BCUT2D eigenvalue weighted by Crippen LogP contribution is -2.01. The molecule has 0 aliphatic rings. The Morgan fingerprint density at radius 2 is 1.94 bits per heavy atom. The number of nitrogens with one attached hydrogen (secondary N) is 1. The molecule has 1 aromatic carbocycles. The SMILES string of the molecule is CNc1cc(-c2ccc(O)c(Cl)c2Cl)nc(N)n1. The summed E-state index contributed by atoms with van der Waals surface area (Å²) < 4.78 is 0. The van der Waals surface area contributed by atoms with E-state index in [1.54, 1.807) is 19.2 Å². The monoisotopic (exact) mass is 284 g/mol. The predicted molar refractivity (Wildman–Crippen MR) is 73.1 cm³/mol. The first-order chi connectivity index (χ1) is 8.52. The number of benzene rings is 1. The highest BCUT2D eigenvalue weighted by Crippen LogP contribution is 2.38. The summed E-state index contributed by atoms with van der Waals surface area (Å²) in [6, 6.07) is 4.75. The number of nitrogen functional groups attached to an aromatic ring is 1. The molecule has 1 heterocycles. The van der Waals surface area contributed by atoms with Crippen LogP contribution in [0.5, 0.6) is 5.75 Å². The number of aromatic hydroxyl groups is 1. The average molecular weight is 285 g/mol. The summed E-state index contributed by atoms with van der Waals surface area (Å²) in [5, 5.41) is 12.6. The number of rotatable bonds is 2. The fourth-order valence-electron chi connectivity index (χ4n) is 1.47. The summed E-state index contributed by atoms with van der Waals surface area (Å²) in [6.45, 7) is 0. The van der Waals surface area contributed by atoms with Crippen LogP contribution in [0.4, 0.5) is 11.8 Å². The lowest BCUT2D eigenvalue weighted by molar-refractivity contribution is 0.475. The second-order valence-electron chi connectivity index (χ2n) is 3.51. The van der Waals surface area contributed by atoms with Gasteiger partial charge in [-0.25, -0.2) is 4.98 Å². The lowest BCUT2D eigenvalue weighted by atomic mass is 10.1. The summed E-state index contributed by atoms with van der Waals surface area (Å²) in [4.78, 5) is 8.06. The summed E-state index contributed by atoms with van der Waals surface area (Å²) in [5.74, 6) is 0.608. The number of phenolic OH excluding ortho intramolecular Hbond substituents is 1. The maximum Gasteiger partial charge on any atom is 0.222 e. The molecule has 94 valence electrons. The molecule has 18 heavy (non-hydrogen) atoms. The number of hydrogen-bond donors (Lipinski definition) is 3. The number of phenols is 1. The van der Waals surface area contributed by atoms with Gasteiger partial charge in [-0.05, 0) is 12.1 Å². The van der Waals surface area contributed by atoms with Crippen molar-refractivity contribution in [2.45, 2.75) is 0 Å². The smallest absolute Gasteiger partial charge is 0.222 e. The highest BCUT2D eigenvalue weighted by Gasteiger charge is 2.13. The van der Waals surface area contributed by atoms with E-state index in [2.05, 4.69) is 15.3 Å². The zero-order chi connectivity index (χ0) is 13.3. The summed E-state index contributed by atoms with van der Waals surface area (Å²) in [6.07, 6.45) is 0. The van der Waals surface area contributed by atoms with Crippen LogP contribution in [-0.4, -0.2) is 22.1 Å². The molecule has 7 heteroatoms. The molecule has 0 aliphatic heterocycles. The minimum Gasteiger partial charge on any atom is -0.506 e. The molecule has 0 saturated carbocycles. The van der Waals surface area contributed by atoms with Crippen LogP contribution >= 0.6 is 23.2 Å². The van der Waals surface area contributed by atoms with E-state index in [1.165, 1.54) is 6.07 Å². The van der Waals surface area contributed by atoms with Gasteiger partial charge in [0.15, 0.2) is 0 Å². The van der Waals surface area contributed by atoms with Crippen molar-refractivity contribution in [2.24, 2.45) is 0 Å². The van der Waals surface area contributed by atoms with Gasteiger partial charge >= 0.3 is 0 Å². The zero-order valence-electron chi connectivity index (χ0n) is 9.41. The topological polar surface area (TPSA) is 84.1 Å². The summed E-state index contributed by atoms with van der Waals surface area (Å²) in [7, 11) is 1.72. The van der Waals surface area contributed by atoms with Gasteiger partial charge in [-0.1, -0.05) is 23.2 Å². The van der Waals surface area contributed by atoms with Crippen LogP contribution < -0.4 is 11.1 Å². The highest BCUT2D eigenvalue weighted by atomic mass is 35.5. The predicted octanol–water partition coefficient (Wildman–Crippen LogP) is 2.78. The van der Waals surface area contributed by atoms with Crippen LogP contribution in [0.1, 0.15) is 0 Å². The average Bonchev–Trinajstić information content (AvgIpc) is 2.35. The first kappa shape index (κ1) is 12.7. The normalized spacial score (nSPS) is 10.4. The zero-order valence-corrected chi connectivity index (χ0v) is 10.9. The van der Waals surface area contributed by atoms with Crippen LogP contribution in [-0.2, 0) is 0 Å². The van der Waals surface area contributed by atoms with Crippen molar-refractivity contribution in [3.8, 4) is 17.0 Å². The van der Waals surface area contributed by atoms with Crippen molar-refractivity contribution in [1.29, 1.82) is 0 Å².